The zero-order chi connectivity index (χ0) is 19.4. The zero-order valence-electron chi connectivity index (χ0n) is 15.1. The second-order valence-corrected chi connectivity index (χ2v) is 9.28. The minimum Gasteiger partial charge on any atom is -0.493 e. The molecule has 0 unspecified atom stereocenters. The molecule has 0 atom stereocenters. The highest BCUT2D eigenvalue weighted by atomic mass is 32.2. The van der Waals surface area contributed by atoms with Gasteiger partial charge in [0.05, 0.1) is 12.8 Å². The number of para-hydroxylation sites is 2. The van der Waals surface area contributed by atoms with Crippen LogP contribution in [0.4, 0.5) is 0 Å². The largest absolute Gasteiger partial charge is 0.493 e. The Hall–Kier alpha value is -2.20. The molecule has 0 saturated carbocycles. The highest BCUT2D eigenvalue weighted by Gasteiger charge is 2.30. The lowest BCUT2D eigenvalue weighted by Crippen LogP contribution is -2.40. The Kier molecular flexibility index (Phi) is 5.95. The molecule has 1 fully saturated rings. The number of hydrogen-bond donors (Lipinski definition) is 0. The molecule has 1 aliphatic rings. The Morgan fingerprint density at radius 3 is 2.56 bits per heavy atom. The zero-order valence-corrected chi connectivity index (χ0v) is 16.8. The molecule has 3 rings (SSSR count). The number of amides is 1. The Labute approximate surface area is 162 Å². The molecule has 0 spiro atoms. The van der Waals surface area contributed by atoms with Crippen LogP contribution in [0.5, 0.6) is 11.5 Å². The molecule has 0 radical (unpaired) electrons. The lowest BCUT2D eigenvalue weighted by atomic mass is 9.94. The molecule has 0 aliphatic carbocycles. The summed E-state index contributed by atoms with van der Waals surface area (Å²) in [5.41, 5.74) is 0.528. The number of benzene rings is 1. The maximum Gasteiger partial charge on any atom is 0.260 e. The third kappa shape index (κ3) is 4.56. The molecule has 1 amide bonds. The van der Waals surface area contributed by atoms with Crippen molar-refractivity contribution in [2.45, 2.75) is 23.0 Å². The predicted molar refractivity (Wildman–Crippen MR) is 100 cm³/mol. The number of carbonyl (C=O) groups excluding carboxylic acids is 1. The summed E-state index contributed by atoms with van der Waals surface area (Å²) in [4.78, 5) is 14.2. The molecule has 1 aliphatic heterocycles. The fraction of sp³-hybridized carbons (Fsp3) is 0.471. The van der Waals surface area contributed by atoms with Crippen molar-refractivity contribution in [1.29, 1.82) is 0 Å². The van der Waals surface area contributed by atoms with Crippen LogP contribution in [0.2, 0.25) is 0 Å². The van der Waals surface area contributed by atoms with Crippen LogP contribution in [0, 0.1) is 0 Å². The number of aromatic nitrogens is 2. The highest BCUT2D eigenvalue weighted by Crippen LogP contribution is 2.32. The first-order valence-electron chi connectivity index (χ1n) is 8.46. The Bertz CT molecular complexity index is 905. The molecule has 1 aromatic carbocycles. The summed E-state index contributed by atoms with van der Waals surface area (Å²) in [7, 11) is -1.79. The summed E-state index contributed by atoms with van der Waals surface area (Å²) in [6.45, 7) is 0.983. The van der Waals surface area contributed by atoms with Crippen molar-refractivity contribution in [3.63, 3.8) is 0 Å². The quantitative estimate of drug-likeness (QED) is 0.714. The maximum atomic E-state index is 12.4. The van der Waals surface area contributed by atoms with E-state index in [1.54, 1.807) is 24.1 Å². The van der Waals surface area contributed by atoms with Crippen molar-refractivity contribution in [2.24, 2.45) is 0 Å². The van der Waals surface area contributed by atoms with E-state index in [2.05, 4.69) is 9.59 Å². The monoisotopic (exact) mass is 411 g/mol. The fourth-order valence-electron chi connectivity index (χ4n) is 3.07. The van der Waals surface area contributed by atoms with Crippen molar-refractivity contribution in [1.82, 2.24) is 14.5 Å². The normalized spacial score (nSPS) is 15.6. The number of methoxy groups -OCH3 is 1. The summed E-state index contributed by atoms with van der Waals surface area (Å²) >= 11 is 0.905. The smallest absolute Gasteiger partial charge is 0.260 e. The van der Waals surface area contributed by atoms with Crippen LogP contribution in [-0.4, -0.2) is 61.9 Å². The van der Waals surface area contributed by atoms with E-state index in [1.807, 2.05) is 12.1 Å². The molecule has 146 valence electrons. The van der Waals surface area contributed by atoms with Crippen LogP contribution in [-0.2, 0) is 14.6 Å². The molecule has 0 bridgehead atoms. The van der Waals surface area contributed by atoms with E-state index in [4.69, 9.17) is 9.47 Å². The van der Waals surface area contributed by atoms with Gasteiger partial charge < -0.3 is 14.4 Å². The summed E-state index contributed by atoms with van der Waals surface area (Å²) in [6.07, 6.45) is 2.46. The number of hydrogen-bond acceptors (Lipinski definition) is 8. The average molecular weight is 412 g/mol. The summed E-state index contributed by atoms with van der Waals surface area (Å²) in [5.74, 6) is 0.981. The van der Waals surface area contributed by atoms with Gasteiger partial charge in [-0.05, 0) is 25.0 Å². The summed E-state index contributed by atoms with van der Waals surface area (Å²) in [5, 5.41) is 4.02. The van der Waals surface area contributed by atoms with E-state index >= 15 is 0 Å². The molecular formula is C17H21N3O5S2. The fourth-order valence-corrected chi connectivity index (χ4v) is 4.80. The van der Waals surface area contributed by atoms with Crippen LogP contribution in [0.3, 0.4) is 0 Å². The Morgan fingerprint density at radius 1 is 1.26 bits per heavy atom. The van der Waals surface area contributed by atoms with E-state index in [9.17, 15) is 13.2 Å². The SMILES string of the molecule is COc1ccccc1OCC(=O)N1CCC(c2nnsc2S(C)(=O)=O)CC1. The van der Waals surface area contributed by atoms with Crippen LogP contribution in [0.15, 0.2) is 28.5 Å². The van der Waals surface area contributed by atoms with Gasteiger partial charge in [-0.25, -0.2) is 8.42 Å². The number of carbonyl (C=O) groups is 1. The topological polar surface area (TPSA) is 98.7 Å². The van der Waals surface area contributed by atoms with Crippen molar-refractivity contribution in [2.75, 3.05) is 33.1 Å². The number of sulfone groups is 1. The molecule has 1 aromatic heterocycles. The number of rotatable bonds is 6. The highest BCUT2D eigenvalue weighted by molar-refractivity contribution is 7.92. The third-order valence-corrected chi connectivity index (χ3v) is 7.03. The molecular weight excluding hydrogens is 390 g/mol. The number of nitrogens with zero attached hydrogens (tertiary/aromatic N) is 3. The first kappa shape index (κ1) is 19.6. The molecule has 8 nitrogen and oxygen atoms in total. The van der Waals surface area contributed by atoms with Crippen LogP contribution in [0.1, 0.15) is 24.5 Å². The van der Waals surface area contributed by atoms with E-state index in [1.165, 1.54) is 6.26 Å². The van der Waals surface area contributed by atoms with Gasteiger partial charge in [-0.3, -0.25) is 4.79 Å². The number of ether oxygens (including phenoxy) is 2. The first-order chi connectivity index (χ1) is 12.9. The van der Waals surface area contributed by atoms with Gasteiger partial charge in [0.15, 0.2) is 32.2 Å². The van der Waals surface area contributed by atoms with Crippen molar-refractivity contribution < 1.29 is 22.7 Å². The van der Waals surface area contributed by atoms with Gasteiger partial charge in [0.1, 0.15) is 0 Å². The maximum absolute atomic E-state index is 12.4. The minimum atomic E-state index is -3.33. The van der Waals surface area contributed by atoms with E-state index < -0.39 is 9.84 Å². The van der Waals surface area contributed by atoms with Gasteiger partial charge in [0.25, 0.3) is 5.91 Å². The van der Waals surface area contributed by atoms with Crippen LogP contribution in [0.25, 0.3) is 0 Å². The molecule has 10 heteroatoms. The number of likely N-dealkylation sites (tertiary alicyclic amines) is 1. The van der Waals surface area contributed by atoms with Gasteiger partial charge in [-0.2, -0.15) is 0 Å². The van der Waals surface area contributed by atoms with Crippen molar-refractivity contribution >= 4 is 27.3 Å². The van der Waals surface area contributed by atoms with Crippen molar-refractivity contribution in [3.8, 4) is 11.5 Å². The Morgan fingerprint density at radius 2 is 1.93 bits per heavy atom. The van der Waals surface area contributed by atoms with E-state index in [0.717, 1.165) is 11.5 Å². The van der Waals surface area contributed by atoms with Crippen LogP contribution >= 0.6 is 11.5 Å². The van der Waals surface area contributed by atoms with Gasteiger partial charge in [0, 0.05) is 36.8 Å². The summed E-state index contributed by atoms with van der Waals surface area (Å²) in [6, 6.07) is 7.16. The predicted octanol–water partition coefficient (Wildman–Crippen LogP) is 1.74. The Balaban J connectivity index is 1.56. The molecule has 2 heterocycles. The molecule has 0 N–H and O–H groups in total. The van der Waals surface area contributed by atoms with Gasteiger partial charge >= 0.3 is 0 Å². The molecule has 27 heavy (non-hydrogen) atoms. The number of piperidine rings is 1. The molecule has 2 aromatic rings. The second kappa shape index (κ2) is 8.22. The minimum absolute atomic E-state index is 0.00680. The van der Waals surface area contributed by atoms with Gasteiger partial charge in [0.2, 0.25) is 0 Å². The van der Waals surface area contributed by atoms with E-state index in [-0.39, 0.29) is 22.6 Å². The average Bonchev–Trinajstić information content (AvgIpc) is 3.17. The standard InChI is InChI=1S/C17H21N3O5S2/c1-24-13-5-3-4-6-14(13)25-11-15(21)20-9-7-12(8-10-20)16-17(26-19-18-16)27(2,22)23/h3-6,12H,7-11H2,1-2H3. The van der Waals surface area contributed by atoms with Gasteiger partial charge in [-0.1, -0.05) is 16.6 Å². The summed E-state index contributed by atoms with van der Waals surface area (Å²) < 4.78 is 38.5. The third-order valence-electron chi connectivity index (χ3n) is 4.47. The molecule has 1 saturated heterocycles. The van der Waals surface area contributed by atoms with Crippen LogP contribution < -0.4 is 9.47 Å². The van der Waals surface area contributed by atoms with Gasteiger partial charge in [-0.15, -0.1) is 5.10 Å². The van der Waals surface area contributed by atoms with Crippen molar-refractivity contribution in [3.05, 3.63) is 30.0 Å². The second-order valence-electron chi connectivity index (χ2n) is 6.31. The lowest BCUT2D eigenvalue weighted by Gasteiger charge is -2.31. The van der Waals surface area contributed by atoms with E-state index in [0.29, 0.717) is 43.1 Å². The lowest BCUT2D eigenvalue weighted by molar-refractivity contribution is -0.134. The first-order valence-corrected chi connectivity index (χ1v) is 11.1.